The molecule has 0 aromatic carbocycles. The van der Waals surface area contributed by atoms with Crippen LogP contribution in [0.4, 0.5) is 0 Å². The van der Waals surface area contributed by atoms with Gasteiger partial charge in [-0.1, -0.05) is 0 Å². The molecular weight excluding hydrogens is 92.1 g/mol. The highest BCUT2D eigenvalue weighted by Crippen LogP contribution is 1.83. The molecule has 0 bridgehead atoms. The Morgan fingerprint density at radius 2 is 2.43 bits per heavy atom. The Balaban J connectivity index is 2.69. The number of hydrogen-bond donors (Lipinski definition) is 2. The average molecular weight is 98.1 g/mol. The van der Waals surface area contributed by atoms with E-state index in [0.717, 1.165) is 0 Å². The molecule has 0 radical (unpaired) electrons. The minimum atomic E-state index is -0.0162. The van der Waals surface area contributed by atoms with Gasteiger partial charge in [0.1, 0.15) is 12.4 Å². The quantitative estimate of drug-likeness (QED) is 0.370. The summed E-state index contributed by atoms with van der Waals surface area (Å²) in [4.78, 5) is 0. The standard InChI is InChI=1S/C4H6N2O/c5-4-1-2-6(7)3-4/h1-3,6H,5H2. The maximum absolute atomic E-state index is 10.2. The molecule has 7 heavy (non-hydrogen) atoms. The molecule has 1 rings (SSSR count). The Kier molecular flexibility index (Phi) is 0.850. The fourth-order valence-corrected chi connectivity index (χ4v) is 0.439. The van der Waals surface area contributed by atoms with E-state index in [0.29, 0.717) is 5.70 Å². The van der Waals surface area contributed by atoms with Gasteiger partial charge in [-0.15, -0.1) is 0 Å². The highest BCUT2D eigenvalue weighted by molar-refractivity contribution is 5.13. The molecule has 3 heteroatoms. The van der Waals surface area contributed by atoms with Crippen molar-refractivity contribution in [3.8, 4) is 0 Å². The molecule has 1 aliphatic heterocycles. The Morgan fingerprint density at radius 3 is 2.57 bits per heavy atom. The van der Waals surface area contributed by atoms with Crippen LogP contribution in [0.1, 0.15) is 0 Å². The summed E-state index contributed by atoms with van der Waals surface area (Å²) in [5.74, 6) is 0. The highest BCUT2D eigenvalue weighted by Gasteiger charge is 1.95. The van der Waals surface area contributed by atoms with E-state index in [1.165, 1.54) is 12.4 Å². The van der Waals surface area contributed by atoms with Crippen molar-refractivity contribution in [3.05, 3.63) is 29.4 Å². The van der Waals surface area contributed by atoms with E-state index in [4.69, 9.17) is 5.73 Å². The summed E-state index contributed by atoms with van der Waals surface area (Å²) in [6.45, 7) is 0. The van der Waals surface area contributed by atoms with Gasteiger partial charge >= 0.3 is 0 Å². The normalized spacial score (nSPS) is 28.1. The first-order chi connectivity index (χ1) is 3.29. The summed E-state index contributed by atoms with van der Waals surface area (Å²) in [6, 6.07) is 0. The lowest BCUT2D eigenvalue weighted by Crippen LogP contribution is -2.96. The Hall–Kier alpha value is -0.800. The van der Waals surface area contributed by atoms with E-state index in [-0.39, 0.29) is 5.06 Å². The second-order valence-electron chi connectivity index (χ2n) is 1.38. The first-order valence-corrected chi connectivity index (χ1v) is 1.98. The topological polar surface area (TPSA) is 53.5 Å². The summed E-state index contributed by atoms with van der Waals surface area (Å²) >= 11 is 0. The number of nitrogens with two attached hydrogens (primary N) is 1. The number of hydroxylamine groups is 2. The number of quaternary nitrogens is 1. The van der Waals surface area contributed by atoms with Crippen LogP contribution in [0.2, 0.25) is 0 Å². The van der Waals surface area contributed by atoms with Gasteiger partial charge < -0.3 is 16.0 Å². The number of allylic oxidation sites excluding steroid dienone is 1. The van der Waals surface area contributed by atoms with Crippen molar-refractivity contribution < 1.29 is 5.06 Å². The molecule has 38 valence electrons. The third kappa shape index (κ3) is 0.792. The van der Waals surface area contributed by atoms with Crippen LogP contribution in [0.5, 0.6) is 0 Å². The van der Waals surface area contributed by atoms with Crippen LogP contribution in [0, 0.1) is 5.21 Å². The summed E-state index contributed by atoms with van der Waals surface area (Å²) in [7, 11) is 0. The minimum Gasteiger partial charge on any atom is -0.624 e. The van der Waals surface area contributed by atoms with Gasteiger partial charge in [-0.25, -0.2) is 0 Å². The maximum Gasteiger partial charge on any atom is 0.122 e. The SMILES string of the molecule is NC1=C[NH+]([O-])C=C1. The first kappa shape index (κ1) is 4.36. The van der Waals surface area contributed by atoms with Crippen LogP contribution in [0.15, 0.2) is 24.2 Å². The Bertz CT molecular complexity index is 128. The van der Waals surface area contributed by atoms with Gasteiger partial charge in [0.25, 0.3) is 0 Å². The average Bonchev–Trinajstić information content (AvgIpc) is 1.87. The largest absolute Gasteiger partial charge is 0.624 e. The lowest BCUT2D eigenvalue weighted by molar-refractivity contribution is -0.727. The molecule has 0 spiro atoms. The zero-order valence-corrected chi connectivity index (χ0v) is 3.72. The molecule has 0 aromatic heterocycles. The van der Waals surface area contributed by atoms with Gasteiger partial charge in [-0.2, -0.15) is 0 Å². The van der Waals surface area contributed by atoms with E-state index < -0.39 is 0 Å². The molecule has 1 aliphatic rings. The summed E-state index contributed by atoms with van der Waals surface area (Å²) in [6.07, 6.45) is 4.41. The van der Waals surface area contributed by atoms with Gasteiger partial charge in [0.05, 0.1) is 5.70 Å². The van der Waals surface area contributed by atoms with Crippen LogP contribution < -0.4 is 10.8 Å². The molecule has 1 unspecified atom stereocenters. The third-order valence-corrected chi connectivity index (χ3v) is 0.749. The van der Waals surface area contributed by atoms with E-state index in [2.05, 4.69) is 0 Å². The van der Waals surface area contributed by atoms with Crippen LogP contribution in [0.3, 0.4) is 0 Å². The van der Waals surface area contributed by atoms with E-state index in [1.807, 2.05) is 0 Å². The van der Waals surface area contributed by atoms with Crippen molar-refractivity contribution in [2.75, 3.05) is 0 Å². The highest BCUT2D eigenvalue weighted by atomic mass is 16.5. The van der Waals surface area contributed by atoms with Crippen LogP contribution >= 0.6 is 0 Å². The van der Waals surface area contributed by atoms with Gasteiger partial charge in [-0.05, 0) is 0 Å². The number of hydrogen-bond acceptors (Lipinski definition) is 2. The van der Waals surface area contributed by atoms with Crippen molar-refractivity contribution >= 4 is 0 Å². The number of rotatable bonds is 0. The molecule has 1 heterocycles. The second kappa shape index (κ2) is 1.36. The fourth-order valence-electron chi connectivity index (χ4n) is 0.439. The minimum absolute atomic E-state index is 0.0162. The lowest BCUT2D eigenvalue weighted by Gasteiger charge is -2.04. The molecule has 0 aromatic rings. The number of nitrogens with one attached hydrogen (secondary N) is 1. The van der Waals surface area contributed by atoms with Crippen LogP contribution in [-0.2, 0) is 0 Å². The molecule has 0 saturated carbocycles. The van der Waals surface area contributed by atoms with Crippen molar-refractivity contribution in [1.82, 2.24) is 0 Å². The zero-order chi connectivity index (χ0) is 5.28. The Labute approximate surface area is 41.3 Å². The molecule has 1 atom stereocenters. The van der Waals surface area contributed by atoms with E-state index in [9.17, 15) is 5.21 Å². The molecule has 0 fully saturated rings. The molecular formula is C4H6N2O. The van der Waals surface area contributed by atoms with Crippen molar-refractivity contribution in [2.24, 2.45) is 5.73 Å². The monoisotopic (exact) mass is 98.0 g/mol. The predicted molar refractivity (Wildman–Crippen MR) is 25.7 cm³/mol. The molecule has 3 nitrogen and oxygen atoms in total. The smallest absolute Gasteiger partial charge is 0.122 e. The van der Waals surface area contributed by atoms with Crippen molar-refractivity contribution in [3.63, 3.8) is 0 Å². The summed E-state index contributed by atoms with van der Waals surface area (Å²) in [5, 5.41) is 10.2. The van der Waals surface area contributed by atoms with Gasteiger partial charge in [-0.3, -0.25) is 0 Å². The van der Waals surface area contributed by atoms with Gasteiger partial charge in [0.2, 0.25) is 0 Å². The first-order valence-electron chi connectivity index (χ1n) is 1.98. The van der Waals surface area contributed by atoms with E-state index in [1.54, 1.807) is 6.08 Å². The summed E-state index contributed by atoms with van der Waals surface area (Å²) < 4.78 is 0. The molecule has 3 N–H and O–H groups in total. The van der Waals surface area contributed by atoms with E-state index >= 15 is 0 Å². The molecule has 0 amide bonds. The van der Waals surface area contributed by atoms with Crippen molar-refractivity contribution in [2.45, 2.75) is 0 Å². The predicted octanol–water partition coefficient (Wildman–Crippen LogP) is -1.30. The third-order valence-electron chi connectivity index (χ3n) is 0.749. The molecule has 0 saturated heterocycles. The fraction of sp³-hybridized carbons (Fsp3) is 0. The zero-order valence-electron chi connectivity index (χ0n) is 3.72. The van der Waals surface area contributed by atoms with Crippen molar-refractivity contribution in [1.29, 1.82) is 0 Å². The Morgan fingerprint density at radius 1 is 1.71 bits per heavy atom. The van der Waals surface area contributed by atoms with Gasteiger partial charge in [0.15, 0.2) is 0 Å². The second-order valence-corrected chi connectivity index (χ2v) is 1.38. The van der Waals surface area contributed by atoms with Gasteiger partial charge in [0, 0.05) is 6.08 Å². The maximum atomic E-state index is 10.2. The van der Waals surface area contributed by atoms with Crippen LogP contribution in [-0.4, -0.2) is 0 Å². The molecule has 0 aliphatic carbocycles. The van der Waals surface area contributed by atoms with Crippen LogP contribution in [0.25, 0.3) is 0 Å². The lowest BCUT2D eigenvalue weighted by atomic mass is 10.5. The summed E-state index contributed by atoms with van der Waals surface area (Å²) in [5.41, 5.74) is 5.72.